The number of amides is 1. The summed E-state index contributed by atoms with van der Waals surface area (Å²) in [6.45, 7) is 1.24. The van der Waals surface area contributed by atoms with Gasteiger partial charge in [0, 0.05) is 44.5 Å². The zero-order valence-corrected chi connectivity index (χ0v) is 14.2. The first-order valence-corrected chi connectivity index (χ1v) is 9.30. The number of fused-ring (bicyclic) bond motifs is 1. The summed E-state index contributed by atoms with van der Waals surface area (Å²) >= 11 is 0. The number of benzene rings is 1. The fraction of sp³-hybridized carbons (Fsp3) is 0.375. The lowest BCUT2D eigenvalue weighted by atomic mass is 9.98. The highest BCUT2D eigenvalue weighted by Gasteiger charge is 2.22. The molecule has 0 unspecified atom stereocenters. The molecule has 1 atom stereocenters. The van der Waals surface area contributed by atoms with E-state index in [2.05, 4.69) is 19.6 Å². The van der Waals surface area contributed by atoms with Gasteiger partial charge in [0.2, 0.25) is 10.0 Å². The van der Waals surface area contributed by atoms with Crippen molar-refractivity contribution in [3.05, 3.63) is 48.0 Å². The summed E-state index contributed by atoms with van der Waals surface area (Å²) in [5.41, 5.74) is 0.426. The van der Waals surface area contributed by atoms with Crippen molar-refractivity contribution in [3.63, 3.8) is 0 Å². The predicted molar refractivity (Wildman–Crippen MR) is 89.1 cm³/mol. The number of carbonyl (C=O) groups excluding carboxylic acids is 1. The molecule has 1 amide bonds. The minimum Gasteiger partial charge on any atom is -0.355 e. The molecular weight excluding hydrogens is 328 g/mol. The van der Waals surface area contributed by atoms with E-state index in [4.69, 9.17) is 0 Å². The van der Waals surface area contributed by atoms with Crippen molar-refractivity contribution >= 4 is 15.9 Å². The Morgan fingerprint density at radius 2 is 2.08 bits per heavy atom. The van der Waals surface area contributed by atoms with Gasteiger partial charge in [-0.05, 0) is 36.6 Å². The molecule has 0 radical (unpaired) electrons. The van der Waals surface area contributed by atoms with Crippen LogP contribution in [0.2, 0.25) is 0 Å². The number of nitrogens with zero attached hydrogens (tertiary/aromatic N) is 2. The first-order chi connectivity index (χ1) is 11.5. The van der Waals surface area contributed by atoms with Gasteiger partial charge in [0.15, 0.2) is 0 Å². The Kier molecular flexibility index (Phi) is 4.68. The van der Waals surface area contributed by atoms with Crippen LogP contribution in [0.15, 0.2) is 41.6 Å². The van der Waals surface area contributed by atoms with Crippen LogP contribution in [0.1, 0.15) is 22.6 Å². The summed E-state index contributed by atoms with van der Waals surface area (Å²) in [5, 5.41) is 2.50. The quantitative estimate of drug-likeness (QED) is 0.835. The molecule has 0 saturated heterocycles. The maximum atomic E-state index is 12.4. The molecule has 1 aliphatic heterocycles. The minimum absolute atomic E-state index is 0.160. The molecule has 1 aliphatic rings. The summed E-state index contributed by atoms with van der Waals surface area (Å²) in [4.78, 5) is 16.0. The van der Waals surface area contributed by atoms with E-state index in [1.807, 2.05) is 6.20 Å². The van der Waals surface area contributed by atoms with Gasteiger partial charge in [-0.2, -0.15) is 0 Å². The average molecular weight is 348 g/mol. The molecule has 7 nitrogen and oxygen atoms in total. The Bertz CT molecular complexity index is 827. The lowest BCUT2D eigenvalue weighted by Crippen LogP contribution is -2.33. The Balaban J connectivity index is 1.63. The highest BCUT2D eigenvalue weighted by atomic mass is 32.2. The monoisotopic (exact) mass is 348 g/mol. The molecule has 128 valence electrons. The van der Waals surface area contributed by atoms with Crippen LogP contribution in [0, 0.1) is 5.92 Å². The number of nitrogens with one attached hydrogen (secondary N) is 2. The highest BCUT2D eigenvalue weighted by Crippen LogP contribution is 2.19. The van der Waals surface area contributed by atoms with Gasteiger partial charge in [0.05, 0.1) is 4.90 Å². The average Bonchev–Trinajstić information content (AvgIpc) is 3.07. The molecule has 0 bridgehead atoms. The lowest BCUT2D eigenvalue weighted by Gasteiger charge is -2.23. The Morgan fingerprint density at radius 3 is 2.79 bits per heavy atom. The van der Waals surface area contributed by atoms with Gasteiger partial charge >= 0.3 is 0 Å². The summed E-state index contributed by atoms with van der Waals surface area (Å²) in [6, 6.07) is 5.90. The predicted octanol–water partition coefficient (Wildman–Crippen LogP) is 0.784. The largest absolute Gasteiger partial charge is 0.355 e. The molecule has 1 aromatic heterocycles. The number of hydrogen-bond donors (Lipinski definition) is 2. The van der Waals surface area contributed by atoms with E-state index in [9.17, 15) is 13.2 Å². The van der Waals surface area contributed by atoms with E-state index in [-0.39, 0.29) is 16.7 Å². The smallest absolute Gasteiger partial charge is 0.251 e. The fourth-order valence-corrected chi connectivity index (χ4v) is 3.95. The second-order valence-electron chi connectivity index (χ2n) is 5.85. The number of aromatic nitrogens is 2. The van der Waals surface area contributed by atoms with Gasteiger partial charge < -0.3 is 9.88 Å². The zero-order valence-electron chi connectivity index (χ0n) is 13.4. The van der Waals surface area contributed by atoms with Crippen LogP contribution in [-0.2, 0) is 23.0 Å². The van der Waals surface area contributed by atoms with Gasteiger partial charge in [0.1, 0.15) is 5.82 Å². The number of sulfonamides is 1. The molecule has 2 aromatic rings. The fourth-order valence-electron chi connectivity index (χ4n) is 2.83. The van der Waals surface area contributed by atoms with Crippen molar-refractivity contribution in [1.82, 2.24) is 19.6 Å². The minimum atomic E-state index is -3.58. The first-order valence-electron chi connectivity index (χ1n) is 7.81. The van der Waals surface area contributed by atoms with Crippen LogP contribution in [0.3, 0.4) is 0 Å². The van der Waals surface area contributed by atoms with Crippen LogP contribution in [0.25, 0.3) is 0 Å². The standard InChI is InChI=1S/C16H20N4O3S/c1-17-16(21)13-2-4-14(5-3-13)24(22,23)19-11-12-6-8-20-9-7-18-15(20)10-12/h2-5,7,9,12,19H,6,8,10-11H2,1H3,(H,17,21)/t12-/m0/s1. The van der Waals surface area contributed by atoms with E-state index in [0.717, 1.165) is 25.2 Å². The summed E-state index contributed by atoms with van der Waals surface area (Å²) < 4.78 is 29.5. The summed E-state index contributed by atoms with van der Waals surface area (Å²) in [6.07, 6.45) is 5.41. The normalized spacial score (nSPS) is 17.3. The lowest BCUT2D eigenvalue weighted by molar-refractivity contribution is 0.0963. The van der Waals surface area contributed by atoms with Crippen LogP contribution >= 0.6 is 0 Å². The van der Waals surface area contributed by atoms with E-state index in [1.54, 1.807) is 6.20 Å². The molecule has 2 heterocycles. The van der Waals surface area contributed by atoms with Crippen LogP contribution in [0.4, 0.5) is 0 Å². The van der Waals surface area contributed by atoms with Crippen molar-refractivity contribution in [3.8, 4) is 0 Å². The number of aryl methyl sites for hydroxylation is 1. The van der Waals surface area contributed by atoms with E-state index >= 15 is 0 Å². The van der Waals surface area contributed by atoms with Gasteiger partial charge in [0.25, 0.3) is 5.91 Å². The van der Waals surface area contributed by atoms with E-state index in [1.165, 1.54) is 31.3 Å². The molecule has 2 N–H and O–H groups in total. The van der Waals surface area contributed by atoms with Crippen LogP contribution in [0.5, 0.6) is 0 Å². The molecule has 0 aliphatic carbocycles. The second-order valence-corrected chi connectivity index (χ2v) is 7.62. The number of rotatable bonds is 5. The number of hydrogen-bond acceptors (Lipinski definition) is 4. The third-order valence-corrected chi connectivity index (χ3v) is 5.71. The van der Waals surface area contributed by atoms with Crippen molar-refractivity contribution in [1.29, 1.82) is 0 Å². The third kappa shape index (κ3) is 3.49. The van der Waals surface area contributed by atoms with Crippen molar-refractivity contribution in [2.45, 2.75) is 24.3 Å². The van der Waals surface area contributed by atoms with E-state index < -0.39 is 10.0 Å². The topological polar surface area (TPSA) is 93.1 Å². The molecule has 8 heteroatoms. The van der Waals surface area contributed by atoms with E-state index in [0.29, 0.717) is 12.1 Å². The van der Waals surface area contributed by atoms with Crippen molar-refractivity contribution < 1.29 is 13.2 Å². The van der Waals surface area contributed by atoms with Gasteiger partial charge in [-0.25, -0.2) is 18.1 Å². The Hall–Kier alpha value is -2.19. The second kappa shape index (κ2) is 6.74. The van der Waals surface area contributed by atoms with Crippen molar-refractivity contribution in [2.24, 2.45) is 5.92 Å². The number of carbonyl (C=O) groups is 1. The van der Waals surface area contributed by atoms with Crippen molar-refractivity contribution in [2.75, 3.05) is 13.6 Å². The maximum absolute atomic E-state index is 12.4. The number of imidazole rings is 1. The molecule has 0 spiro atoms. The summed E-state index contributed by atoms with van der Waals surface area (Å²) in [7, 11) is -2.05. The first kappa shape index (κ1) is 16.7. The SMILES string of the molecule is CNC(=O)c1ccc(S(=O)(=O)NC[C@H]2CCn3ccnc3C2)cc1. The van der Waals surface area contributed by atoms with Gasteiger partial charge in [-0.15, -0.1) is 0 Å². The molecule has 1 aromatic carbocycles. The van der Waals surface area contributed by atoms with Crippen LogP contribution < -0.4 is 10.0 Å². The summed E-state index contributed by atoms with van der Waals surface area (Å²) in [5.74, 6) is 0.991. The third-order valence-electron chi connectivity index (χ3n) is 4.27. The van der Waals surface area contributed by atoms with Gasteiger partial charge in [-0.3, -0.25) is 4.79 Å². The highest BCUT2D eigenvalue weighted by molar-refractivity contribution is 7.89. The Morgan fingerprint density at radius 1 is 1.33 bits per heavy atom. The molecule has 3 rings (SSSR count). The molecule has 0 saturated carbocycles. The molecule has 0 fully saturated rings. The molecular formula is C16H20N4O3S. The maximum Gasteiger partial charge on any atom is 0.251 e. The Labute approximate surface area is 141 Å². The zero-order chi connectivity index (χ0) is 17.2. The van der Waals surface area contributed by atoms with Gasteiger partial charge in [-0.1, -0.05) is 0 Å². The van der Waals surface area contributed by atoms with Crippen LogP contribution in [-0.4, -0.2) is 37.5 Å². The molecule has 24 heavy (non-hydrogen) atoms.